The first-order chi connectivity index (χ1) is 11.2. The summed E-state index contributed by atoms with van der Waals surface area (Å²) in [6, 6.07) is 12.1. The minimum absolute atomic E-state index is 0. The molecule has 1 heterocycles. The maximum Gasteiger partial charge on any atom is 0.191 e. The molecule has 1 aromatic heterocycles. The van der Waals surface area contributed by atoms with Crippen LogP contribution in [0.2, 0.25) is 0 Å². The van der Waals surface area contributed by atoms with Gasteiger partial charge in [0.2, 0.25) is 0 Å². The van der Waals surface area contributed by atoms with E-state index in [0.29, 0.717) is 19.0 Å². The summed E-state index contributed by atoms with van der Waals surface area (Å²) in [4.78, 5) is 8.37. The summed E-state index contributed by atoms with van der Waals surface area (Å²) in [6.07, 6.45) is 1.54. The molecule has 1 aromatic carbocycles. The molecule has 0 bridgehead atoms. The molecule has 2 N–H and O–H groups in total. The normalized spacial score (nSPS) is 12.0. The van der Waals surface area contributed by atoms with E-state index in [4.69, 9.17) is 4.74 Å². The van der Waals surface area contributed by atoms with Gasteiger partial charge in [0, 0.05) is 13.2 Å². The number of hydrogen-bond donors (Lipinski definition) is 2. The van der Waals surface area contributed by atoms with Crippen molar-refractivity contribution in [2.45, 2.75) is 19.6 Å². The van der Waals surface area contributed by atoms with E-state index in [1.165, 1.54) is 6.07 Å². The number of rotatable bonds is 6. The molecule has 0 aliphatic heterocycles. The van der Waals surface area contributed by atoms with Gasteiger partial charge in [0.25, 0.3) is 0 Å². The number of pyridine rings is 1. The number of nitrogens with one attached hydrogen (secondary N) is 2. The fourth-order valence-electron chi connectivity index (χ4n) is 1.94. The zero-order valence-corrected chi connectivity index (χ0v) is 16.0. The summed E-state index contributed by atoms with van der Waals surface area (Å²) in [5.74, 6) is 0.523. The van der Waals surface area contributed by atoms with Gasteiger partial charge in [0.1, 0.15) is 6.10 Å². The largest absolute Gasteiger partial charge is 0.486 e. The average Bonchev–Trinajstić information content (AvgIpc) is 2.58. The number of hydrogen-bond acceptors (Lipinski definition) is 3. The SMILES string of the molecule is CN=C(NCc1ccccn1)NCC(C)Oc1ccccc1F.I. The lowest BCUT2D eigenvalue weighted by molar-refractivity contribution is 0.214. The van der Waals surface area contributed by atoms with Crippen LogP contribution in [0.1, 0.15) is 12.6 Å². The Balaban J connectivity index is 0.00000288. The molecule has 0 saturated heterocycles. The van der Waals surface area contributed by atoms with Crippen molar-refractivity contribution in [3.05, 3.63) is 60.2 Å². The number of para-hydroxylation sites is 1. The van der Waals surface area contributed by atoms with Crippen molar-refractivity contribution in [2.75, 3.05) is 13.6 Å². The molecule has 0 spiro atoms. The third-order valence-electron chi connectivity index (χ3n) is 3.11. The van der Waals surface area contributed by atoms with E-state index < -0.39 is 0 Å². The molecule has 0 aliphatic rings. The van der Waals surface area contributed by atoms with Gasteiger partial charge in [0.05, 0.1) is 18.8 Å². The van der Waals surface area contributed by atoms with Crippen LogP contribution < -0.4 is 15.4 Å². The van der Waals surface area contributed by atoms with Gasteiger partial charge in [-0.15, -0.1) is 24.0 Å². The standard InChI is InChI=1S/C17H21FN4O.HI/c1-13(23-16-9-4-3-8-15(16)18)11-21-17(19-2)22-12-14-7-5-6-10-20-14;/h3-10,13H,11-12H2,1-2H3,(H2,19,21,22);1H. The lowest BCUT2D eigenvalue weighted by atomic mass is 10.3. The quantitative estimate of drug-likeness (QED) is 0.409. The van der Waals surface area contributed by atoms with Gasteiger partial charge in [-0.25, -0.2) is 4.39 Å². The monoisotopic (exact) mass is 444 g/mol. The Morgan fingerprint density at radius 3 is 2.62 bits per heavy atom. The fraction of sp³-hybridized carbons (Fsp3) is 0.294. The summed E-state index contributed by atoms with van der Waals surface area (Å²) in [5, 5.41) is 6.31. The summed E-state index contributed by atoms with van der Waals surface area (Å²) in [6.45, 7) is 2.94. The summed E-state index contributed by atoms with van der Waals surface area (Å²) in [7, 11) is 1.69. The molecular formula is C17H22FIN4O. The molecule has 130 valence electrons. The molecule has 0 radical (unpaired) electrons. The predicted molar refractivity (Wildman–Crippen MR) is 104 cm³/mol. The molecule has 0 saturated carbocycles. The smallest absolute Gasteiger partial charge is 0.191 e. The molecule has 1 atom stereocenters. The number of aromatic nitrogens is 1. The first-order valence-corrected chi connectivity index (χ1v) is 7.44. The van der Waals surface area contributed by atoms with Gasteiger partial charge in [0.15, 0.2) is 17.5 Å². The van der Waals surface area contributed by atoms with E-state index in [0.717, 1.165) is 5.69 Å². The Morgan fingerprint density at radius 1 is 1.21 bits per heavy atom. The van der Waals surface area contributed by atoms with Crippen LogP contribution in [0.4, 0.5) is 4.39 Å². The van der Waals surface area contributed by atoms with Crippen molar-refractivity contribution in [3.8, 4) is 5.75 Å². The van der Waals surface area contributed by atoms with Gasteiger partial charge in [-0.05, 0) is 31.2 Å². The Bertz CT molecular complexity index is 639. The van der Waals surface area contributed by atoms with Crippen LogP contribution in [0.5, 0.6) is 5.75 Å². The molecule has 24 heavy (non-hydrogen) atoms. The van der Waals surface area contributed by atoms with Gasteiger partial charge < -0.3 is 15.4 Å². The number of benzene rings is 1. The highest BCUT2D eigenvalue weighted by atomic mass is 127. The van der Waals surface area contributed by atoms with E-state index in [1.54, 1.807) is 31.4 Å². The Kier molecular flexibility index (Phi) is 9.06. The molecule has 2 aromatic rings. The highest BCUT2D eigenvalue weighted by molar-refractivity contribution is 14.0. The van der Waals surface area contributed by atoms with E-state index in [1.807, 2.05) is 25.1 Å². The number of guanidine groups is 1. The Morgan fingerprint density at radius 2 is 1.96 bits per heavy atom. The van der Waals surface area contributed by atoms with Crippen LogP contribution in [-0.4, -0.2) is 30.6 Å². The van der Waals surface area contributed by atoms with Crippen molar-refractivity contribution in [3.63, 3.8) is 0 Å². The van der Waals surface area contributed by atoms with Crippen molar-refractivity contribution in [1.29, 1.82) is 0 Å². The number of halogens is 2. The van der Waals surface area contributed by atoms with Crippen LogP contribution in [-0.2, 0) is 6.54 Å². The Labute approximate surface area is 158 Å². The topological polar surface area (TPSA) is 58.5 Å². The summed E-state index contributed by atoms with van der Waals surface area (Å²) in [5.41, 5.74) is 0.922. The molecular weight excluding hydrogens is 422 g/mol. The molecule has 0 aliphatic carbocycles. The second kappa shape index (κ2) is 10.8. The number of nitrogens with zero attached hydrogens (tertiary/aromatic N) is 2. The second-order valence-electron chi connectivity index (χ2n) is 4.99. The van der Waals surface area contributed by atoms with Crippen LogP contribution in [0.15, 0.2) is 53.7 Å². The van der Waals surface area contributed by atoms with Crippen LogP contribution in [0, 0.1) is 5.82 Å². The van der Waals surface area contributed by atoms with Gasteiger partial charge in [-0.2, -0.15) is 0 Å². The van der Waals surface area contributed by atoms with Crippen molar-refractivity contribution in [2.24, 2.45) is 4.99 Å². The zero-order chi connectivity index (χ0) is 16.5. The highest BCUT2D eigenvalue weighted by Crippen LogP contribution is 2.16. The molecule has 7 heteroatoms. The molecule has 0 fully saturated rings. The van der Waals surface area contributed by atoms with Crippen LogP contribution >= 0.6 is 24.0 Å². The molecule has 2 rings (SSSR count). The fourth-order valence-corrected chi connectivity index (χ4v) is 1.94. The lowest BCUT2D eigenvalue weighted by Gasteiger charge is -2.18. The summed E-state index contributed by atoms with van der Waals surface area (Å²) >= 11 is 0. The minimum Gasteiger partial charge on any atom is -0.486 e. The van der Waals surface area contributed by atoms with E-state index >= 15 is 0 Å². The first kappa shape index (κ1) is 20.1. The lowest BCUT2D eigenvalue weighted by Crippen LogP contribution is -2.41. The third kappa shape index (κ3) is 6.69. The third-order valence-corrected chi connectivity index (χ3v) is 3.11. The van der Waals surface area contributed by atoms with Crippen LogP contribution in [0.25, 0.3) is 0 Å². The first-order valence-electron chi connectivity index (χ1n) is 7.44. The number of aliphatic imine (C=N–C) groups is 1. The molecule has 0 amide bonds. The van der Waals surface area contributed by atoms with E-state index in [9.17, 15) is 4.39 Å². The van der Waals surface area contributed by atoms with Crippen molar-refractivity contribution >= 4 is 29.9 Å². The second-order valence-corrected chi connectivity index (χ2v) is 4.99. The van der Waals surface area contributed by atoms with Gasteiger partial charge >= 0.3 is 0 Å². The number of ether oxygens (including phenoxy) is 1. The van der Waals surface area contributed by atoms with Crippen molar-refractivity contribution < 1.29 is 9.13 Å². The predicted octanol–water partition coefficient (Wildman–Crippen LogP) is 2.97. The minimum atomic E-state index is -0.364. The summed E-state index contributed by atoms with van der Waals surface area (Å²) < 4.78 is 19.1. The maximum absolute atomic E-state index is 13.5. The van der Waals surface area contributed by atoms with Gasteiger partial charge in [-0.3, -0.25) is 9.98 Å². The van der Waals surface area contributed by atoms with E-state index in [2.05, 4.69) is 20.6 Å². The maximum atomic E-state index is 13.5. The van der Waals surface area contributed by atoms with Gasteiger partial charge in [-0.1, -0.05) is 18.2 Å². The molecule has 1 unspecified atom stereocenters. The average molecular weight is 444 g/mol. The zero-order valence-electron chi connectivity index (χ0n) is 13.7. The Hall–Kier alpha value is -1.90. The highest BCUT2D eigenvalue weighted by Gasteiger charge is 2.08. The molecule has 5 nitrogen and oxygen atoms in total. The van der Waals surface area contributed by atoms with Crippen LogP contribution in [0.3, 0.4) is 0 Å². The van der Waals surface area contributed by atoms with E-state index in [-0.39, 0.29) is 41.6 Å². The van der Waals surface area contributed by atoms with Crippen molar-refractivity contribution in [1.82, 2.24) is 15.6 Å².